The largest absolute Gasteiger partial charge is 0.497 e. The lowest BCUT2D eigenvalue weighted by molar-refractivity contribution is -0.143. The lowest BCUT2D eigenvalue weighted by Gasteiger charge is -2.33. The van der Waals surface area contributed by atoms with E-state index in [0.29, 0.717) is 72.3 Å². The number of ether oxygens (including phenoxy) is 4. The lowest BCUT2D eigenvalue weighted by Crippen LogP contribution is -2.42. The number of aryl methyl sites for hydroxylation is 1. The molecule has 4 aliphatic heterocycles. The highest BCUT2D eigenvalue weighted by molar-refractivity contribution is 6.31. The van der Waals surface area contributed by atoms with Gasteiger partial charge in [-0.05, 0) is 136 Å². The van der Waals surface area contributed by atoms with Crippen molar-refractivity contribution >= 4 is 52.7 Å². The Hall–Kier alpha value is -5.87. The number of carboxylic acid groups (broad SMARTS) is 1. The maximum absolute atomic E-state index is 13.1. The fraction of sp³-hybridized carbons (Fsp3) is 0.396. The fourth-order valence-corrected chi connectivity index (χ4v) is 9.41. The highest BCUT2D eigenvalue weighted by Gasteiger charge is 2.46. The molecular formula is C48H52Cl2N6O9. The summed E-state index contributed by atoms with van der Waals surface area (Å²) < 4.78 is 28.3. The van der Waals surface area contributed by atoms with Crippen molar-refractivity contribution in [3.63, 3.8) is 0 Å². The van der Waals surface area contributed by atoms with E-state index in [0.717, 1.165) is 48.5 Å². The van der Waals surface area contributed by atoms with Gasteiger partial charge in [-0.2, -0.15) is 0 Å². The van der Waals surface area contributed by atoms with Crippen molar-refractivity contribution in [1.82, 2.24) is 20.0 Å². The van der Waals surface area contributed by atoms with Gasteiger partial charge >= 0.3 is 18.2 Å². The summed E-state index contributed by atoms with van der Waals surface area (Å²) in [5.74, 6) is 1.98. The molecule has 1 aromatic heterocycles. The number of carboxylic acids is 1. The topological polar surface area (TPSA) is 160 Å². The minimum absolute atomic E-state index is 0.267. The van der Waals surface area contributed by atoms with Crippen LogP contribution in [-0.4, -0.2) is 109 Å². The Morgan fingerprint density at radius 2 is 1.12 bits per heavy atom. The average Bonchev–Trinajstić information content (AvgIpc) is 4.01. The number of carbonyl (C=O) groups is 3. The molecule has 4 fully saturated rings. The molecule has 0 spiro atoms. The number of nitrogens with zero attached hydrogens (tertiary/aromatic N) is 6. The van der Waals surface area contributed by atoms with Crippen LogP contribution in [-0.2, 0) is 14.3 Å². The number of cyclic esters (lactones) is 2. The number of rotatable bonds is 12. The van der Waals surface area contributed by atoms with Gasteiger partial charge < -0.3 is 28.5 Å². The Morgan fingerprint density at radius 1 is 0.677 bits per heavy atom. The van der Waals surface area contributed by atoms with E-state index in [1.807, 2.05) is 67.6 Å². The molecule has 0 unspecified atom stereocenters. The van der Waals surface area contributed by atoms with Crippen LogP contribution in [0, 0.1) is 12.8 Å². The smallest absolute Gasteiger partial charge is 0.415 e. The van der Waals surface area contributed by atoms with Crippen molar-refractivity contribution in [2.45, 2.75) is 62.8 Å². The van der Waals surface area contributed by atoms with Crippen molar-refractivity contribution < 1.29 is 42.9 Å². The molecule has 342 valence electrons. The number of hydrogen-bond donors (Lipinski definition) is 1. The molecule has 0 aliphatic carbocycles. The van der Waals surface area contributed by atoms with E-state index in [2.05, 4.69) is 20.0 Å². The van der Waals surface area contributed by atoms with Gasteiger partial charge in [0.2, 0.25) is 11.8 Å². The van der Waals surface area contributed by atoms with Gasteiger partial charge in [-0.3, -0.25) is 24.4 Å². The van der Waals surface area contributed by atoms with Crippen LogP contribution in [0.2, 0.25) is 10.0 Å². The van der Waals surface area contributed by atoms with E-state index in [1.54, 1.807) is 60.4 Å². The summed E-state index contributed by atoms with van der Waals surface area (Å²) in [5.41, 5.74) is 3.32. The molecule has 2 amide bonds. The van der Waals surface area contributed by atoms with Gasteiger partial charge in [-0.1, -0.05) is 47.5 Å². The molecule has 15 nitrogen and oxygen atoms in total. The summed E-state index contributed by atoms with van der Waals surface area (Å²) in [7, 11) is 3.25. The van der Waals surface area contributed by atoms with Gasteiger partial charge in [0, 0.05) is 47.4 Å². The molecule has 0 bridgehead atoms. The summed E-state index contributed by atoms with van der Waals surface area (Å²) in [4.78, 5) is 45.2. The molecule has 4 aliphatic rings. The molecule has 1 N–H and O–H groups in total. The van der Waals surface area contributed by atoms with Crippen molar-refractivity contribution in [3.05, 3.63) is 130 Å². The predicted molar refractivity (Wildman–Crippen MR) is 244 cm³/mol. The first-order chi connectivity index (χ1) is 31.5. The normalized spacial score (nSPS) is 22.0. The van der Waals surface area contributed by atoms with Crippen LogP contribution >= 0.6 is 23.2 Å². The van der Waals surface area contributed by atoms with Crippen molar-refractivity contribution in [2.75, 3.05) is 63.3 Å². The number of carbonyl (C=O) groups excluding carboxylic acids is 2. The SMILES string of the molecule is COc1cccc([C@H]2[C@H](CN3CCC(C(=O)O)CC3)OC(=O)N2c2ccc(Cl)cc2)c1.COc1cccc([C@H]2[C@H](CN3CCC(c4nnc(C)o4)CC3)OC(=O)N2c2ccc(Cl)cc2)c1. The first-order valence-electron chi connectivity index (χ1n) is 21.7. The Labute approximate surface area is 387 Å². The van der Waals surface area contributed by atoms with Gasteiger partial charge in [0.25, 0.3) is 0 Å². The summed E-state index contributed by atoms with van der Waals surface area (Å²) in [6.07, 6.45) is 1.52. The Morgan fingerprint density at radius 3 is 1.52 bits per heavy atom. The molecule has 4 atom stereocenters. The predicted octanol–water partition coefficient (Wildman–Crippen LogP) is 9.20. The number of aromatic nitrogens is 2. The quantitative estimate of drug-likeness (QED) is 0.126. The highest BCUT2D eigenvalue weighted by atomic mass is 35.5. The zero-order valence-electron chi connectivity index (χ0n) is 36.4. The molecule has 5 heterocycles. The van der Waals surface area contributed by atoms with E-state index < -0.39 is 18.2 Å². The van der Waals surface area contributed by atoms with Gasteiger partial charge in [-0.25, -0.2) is 9.59 Å². The standard InChI is InChI=1S/C25H27ClN4O4.C23H25ClN2O5/c1-16-27-28-24(33-16)17-10-12-29(13-11-17)15-22-23(18-4-3-5-21(14-18)32-2)30(25(31)34-22)20-8-6-19(26)7-9-20;1-30-19-4-2-3-16(13-19)21-20(14-25-11-9-15(10-12-25)22(27)28)31-23(29)26(21)18-7-5-17(24)6-8-18/h3-9,14,17,22-23H,10-13,15H2,1-2H3;2-8,13,15,20-21H,9-12,14H2,1H3,(H,27,28)/t22-,23-;20-,21-/m00/s1. The third kappa shape index (κ3) is 10.7. The van der Waals surface area contributed by atoms with Crippen LogP contribution in [0.5, 0.6) is 11.5 Å². The van der Waals surface area contributed by atoms with Gasteiger partial charge in [0.1, 0.15) is 35.8 Å². The Balaban J connectivity index is 0.000000178. The van der Waals surface area contributed by atoms with E-state index in [1.165, 1.54) is 0 Å². The molecule has 0 radical (unpaired) electrons. The average molecular weight is 928 g/mol. The number of methoxy groups -OCH3 is 2. The summed E-state index contributed by atoms with van der Waals surface area (Å²) >= 11 is 12.1. The zero-order chi connectivity index (χ0) is 45.6. The van der Waals surface area contributed by atoms with Gasteiger partial charge in [-0.15, -0.1) is 10.2 Å². The van der Waals surface area contributed by atoms with Crippen molar-refractivity contribution in [3.8, 4) is 11.5 Å². The maximum Gasteiger partial charge on any atom is 0.415 e. The van der Waals surface area contributed by atoms with Gasteiger partial charge in [0.15, 0.2) is 0 Å². The highest BCUT2D eigenvalue weighted by Crippen LogP contribution is 2.41. The first-order valence-corrected chi connectivity index (χ1v) is 22.5. The van der Waals surface area contributed by atoms with E-state index >= 15 is 0 Å². The molecule has 5 aromatic rings. The van der Waals surface area contributed by atoms with E-state index in [4.69, 9.17) is 46.6 Å². The second-order valence-corrected chi connectivity index (χ2v) is 17.5. The lowest BCUT2D eigenvalue weighted by atomic mass is 9.95. The number of likely N-dealkylation sites (tertiary alicyclic amines) is 2. The molecule has 9 rings (SSSR count). The molecule has 0 saturated carbocycles. The number of piperidine rings is 2. The Kier molecular flexibility index (Phi) is 14.4. The monoisotopic (exact) mass is 926 g/mol. The molecule has 4 saturated heterocycles. The number of halogens is 2. The molecule has 4 aromatic carbocycles. The third-order valence-corrected chi connectivity index (χ3v) is 13.0. The van der Waals surface area contributed by atoms with Crippen LogP contribution in [0.15, 0.2) is 101 Å². The second-order valence-electron chi connectivity index (χ2n) is 16.6. The maximum atomic E-state index is 13.1. The van der Waals surface area contributed by atoms with Crippen LogP contribution in [0.1, 0.15) is 66.6 Å². The fourth-order valence-electron chi connectivity index (χ4n) is 9.16. The first kappa shape index (κ1) is 45.7. The number of hydrogen-bond acceptors (Lipinski definition) is 12. The van der Waals surface area contributed by atoms with Crippen LogP contribution < -0.4 is 19.3 Å². The Bertz CT molecular complexity index is 2420. The summed E-state index contributed by atoms with van der Waals surface area (Å²) in [6.45, 7) is 6.04. The summed E-state index contributed by atoms with van der Waals surface area (Å²) in [5, 5.41) is 18.6. The van der Waals surface area contributed by atoms with E-state index in [9.17, 15) is 19.5 Å². The minimum Gasteiger partial charge on any atom is -0.497 e. The number of amides is 2. The minimum atomic E-state index is -0.741. The van der Waals surface area contributed by atoms with E-state index in [-0.39, 0.29) is 36.1 Å². The summed E-state index contributed by atoms with van der Waals surface area (Å²) in [6, 6.07) is 29.2. The molecule has 17 heteroatoms. The van der Waals surface area contributed by atoms with Crippen LogP contribution in [0.3, 0.4) is 0 Å². The van der Waals surface area contributed by atoms with Crippen molar-refractivity contribution in [1.29, 1.82) is 0 Å². The van der Waals surface area contributed by atoms with Crippen LogP contribution in [0.25, 0.3) is 0 Å². The van der Waals surface area contributed by atoms with Gasteiger partial charge in [0.05, 0.1) is 20.1 Å². The number of anilines is 2. The number of benzene rings is 4. The third-order valence-electron chi connectivity index (χ3n) is 12.5. The van der Waals surface area contributed by atoms with Crippen molar-refractivity contribution in [2.24, 2.45) is 5.92 Å². The molecular weight excluding hydrogens is 875 g/mol. The number of aliphatic carboxylic acids is 1. The second kappa shape index (κ2) is 20.5. The zero-order valence-corrected chi connectivity index (χ0v) is 37.9. The van der Waals surface area contributed by atoms with Crippen LogP contribution in [0.4, 0.5) is 21.0 Å². The molecule has 65 heavy (non-hydrogen) atoms.